The maximum atomic E-state index is 13.7. The van der Waals surface area contributed by atoms with E-state index in [1.54, 1.807) is 0 Å². The zero-order valence-corrected chi connectivity index (χ0v) is 10.4. The first-order valence-corrected chi connectivity index (χ1v) is 6.63. The zero-order valence-electron chi connectivity index (χ0n) is 9.56. The van der Waals surface area contributed by atoms with E-state index in [-0.39, 0.29) is 5.75 Å². The zero-order chi connectivity index (χ0) is 12.7. The van der Waals surface area contributed by atoms with Crippen molar-refractivity contribution in [2.75, 3.05) is 0 Å². The fourth-order valence-corrected chi connectivity index (χ4v) is 3.37. The SMILES string of the molecule is Oc1ccc(-c2nc3c(s2)CCCC3O)c(F)c1. The fourth-order valence-electron chi connectivity index (χ4n) is 2.19. The monoisotopic (exact) mass is 265 g/mol. The number of phenolic OH excluding ortho intramolecular Hbond substituents is 1. The maximum absolute atomic E-state index is 13.7. The van der Waals surface area contributed by atoms with Crippen LogP contribution in [-0.4, -0.2) is 15.2 Å². The lowest BCUT2D eigenvalue weighted by atomic mass is 10.0. The molecule has 1 heterocycles. The number of aromatic hydroxyl groups is 1. The Morgan fingerprint density at radius 3 is 2.94 bits per heavy atom. The van der Waals surface area contributed by atoms with E-state index in [1.165, 1.54) is 23.5 Å². The van der Waals surface area contributed by atoms with Gasteiger partial charge in [-0.05, 0) is 31.4 Å². The van der Waals surface area contributed by atoms with Crippen molar-refractivity contribution < 1.29 is 14.6 Å². The predicted octanol–water partition coefficient (Wildman–Crippen LogP) is 3.02. The quantitative estimate of drug-likeness (QED) is 0.833. The molecule has 0 spiro atoms. The van der Waals surface area contributed by atoms with Gasteiger partial charge in [0.15, 0.2) is 0 Å². The number of aliphatic hydroxyl groups is 1. The molecule has 94 valence electrons. The van der Waals surface area contributed by atoms with E-state index < -0.39 is 11.9 Å². The van der Waals surface area contributed by atoms with Gasteiger partial charge in [-0.1, -0.05) is 0 Å². The molecule has 3 rings (SSSR count). The van der Waals surface area contributed by atoms with Crippen molar-refractivity contribution in [3.05, 3.63) is 34.6 Å². The lowest BCUT2D eigenvalue weighted by molar-refractivity contribution is 0.153. The lowest BCUT2D eigenvalue weighted by Gasteiger charge is -2.14. The third-order valence-electron chi connectivity index (χ3n) is 3.11. The van der Waals surface area contributed by atoms with Crippen molar-refractivity contribution in [3.8, 4) is 16.3 Å². The molecule has 0 saturated carbocycles. The molecule has 3 nitrogen and oxygen atoms in total. The largest absolute Gasteiger partial charge is 0.508 e. The van der Waals surface area contributed by atoms with Crippen LogP contribution < -0.4 is 0 Å². The van der Waals surface area contributed by atoms with Gasteiger partial charge in [0.2, 0.25) is 0 Å². The molecule has 1 aromatic carbocycles. The van der Waals surface area contributed by atoms with Crippen molar-refractivity contribution in [1.29, 1.82) is 0 Å². The Morgan fingerprint density at radius 1 is 1.39 bits per heavy atom. The third kappa shape index (κ3) is 1.89. The number of aryl methyl sites for hydroxylation is 1. The molecule has 0 bridgehead atoms. The summed E-state index contributed by atoms with van der Waals surface area (Å²) in [5.74, 6) is -0.590. The van der Waals surface area contributed by atoms with Crippen LogP contribution in [-0.2, 0) is 6.42 Å². The number of benzene rings is 1. The second kappa shape index (κ2) is 4.33. The van der Waals surface area contributed by atoms with Crippen molar-refractivity contribution in [2.45, 2.75) is 25.4 Å². The molecule has 0 saturated heterocycles. The molecule has 18 heavy (non-hydrogen) atoms. The molecule has 5 heteroatoms. The third-order valence-corrected chi connectivity index (χ3v) is 4.27. The Labute approximate surface area is 108 Å². The van der Waals surface area contributed by atoms with Crippen molar-refractivity contribution in [2.24, 2.45) is 0 Å². The molecule has 0 fully saturated rings. The lowest BCUT2D eigenvalue weighted by Crippen LogP contribution is -2.07. The highest BCUT2D eigenvalue weighted by Crippen LogP contribution is 2.38. The number of aromatic nitrogens is 1. The molecule has 0 amide bonds. The van der Waals surface area contributed by atoms with Crippen molar-refractivity contribution in [3.63, 3.8) is 0 Å². The van der Waals surface area contributed by atoms with Crippen LogP contribution in [0.25, 0.3) is 10.6 Å². The average Bonchev–Trinajstić information content (AvgIpc) is 2.74. The summed E-state index contributed by atoms with van der Waals surface area (Å²) < 4.78 is 13.7. The molecule has 1 atom stereocenters. The smallest absolute Gasteiger partial charge is 0.137 e. The van der Waals surface area contributed by atoms with Crippen LogP contribution in [0.2, 0.25) is 0 Å². The van der Waals surface area contributed by atoms with Crippen molar-refractivity contribution in [1.82, 2.24) is 4.98 Å². The summed E-state index contributed by atoms with van der Waals surface area (Å²) in [6.07, 6.45) is 2.02. The molecular weight excluding hydrogens is 253 g/mol. The summed E-state index contributed by atoms with van der Waals surface area (Å²) in [6, 6.07) is 4.03. The number of phenols is 1. The summed E-state index contributed by atoms with van der Waals surface area (Å²) in [4.78, 5) is 5.38. The second-order valence-electron chi connectivity index (χ2n) is 4.40. The maximum Gasteiger partial charge on any atom is 0.137 e. The van der Waals surface area contributed by atoms with Crippen LogP contribution in [0, 0.1) is 5.82 Å². The van der Waals surface area contributed by atoms with Crippen LogP contribution in [0.1, 0.15) is 29.5 Å². The highest BCUT2D eigenvalue weighted by atomic mass is 32.1. The van der Waals surface area contributed by atoms with Gasteiger partial charge in [0, 0.05) is 16.5 Å². The normalized spacial score (nSPS) is 18.7. The van der Waals surface area contributed by atoms with E-state index in [0.717, 1.165) is 23.8 Å². The Morgan fingerprint density at radius 2 is 2.22 bits per heavy atom. The van der Waals surface area contributed by atoms with Gasteiger partial charge in [0.25, 0.3) is 0 Å². The van der Waals surface area contributed by atoms with Gasteiger partial charge in [-0.2, -0.15) is 0 Å². The first kappa shape index (κ1) is 11.6. The molecule has 1 aliphatic rings. The highest BCUT2D eigenvalue weighted by molar-refractivity contribution is 7.15. The van der Waals surface area contributed by atoms with E-state index in [0.29, 0.717) is 22.7 Å². The van der Waals surface area contributed by atoms with Gasteiger partial charge in [-0.3, -0.25) is 0 Å². The van der Waals surface area contributed by atoms with Gasteiger partial charge in [-0.25, -0.2) is 9.37 Å². The minimum atomic E-state index is -0.529. The van der Waals surface area contributed by atoms with E-state index in [1.807, 2.05) is 0 Å². The summed E-state index contributed by atoms with van der Waals surface area (Å²) >= 11 is 1.42. The first-order valence-electron chi connectivity index (χ1n) is 5.81. The molecule has 1 aromatic heterocycles. The molecule has 0 radical (unpaired) electrons. The van der Waals surface area contributed by atoms with E-state index in [4.69, 9.17) is 0 Å². The fraction of sp³-hybridized carbons (Fsp3) is 0.308. The van der Waals surface area contributed by atoms with Crippen LogP contribution in [0.3, 0.4) is 0 Å². The number of hydrogen-bond donors (Lipinski definition) is 2. The van der Waals surface area contributed by atoms with Gasteiger partial charge < -0.3 is 10.2 Å². The standard InChI is InChI=1S/C13H12FNO2S/c14-9-6-7(16)4-5-8(9)13-15-12-10(17)2-1-3-11(12)18-13/h4-6,10,16-17H,1-3H2. The van der Waals surface area contributed by atoms with E-state index in [9.17, 15) is 14.6 Å². The Kier molecular flexibility index (Phi) is 2.80. The van der Waals surface area contributed by atoms with Gasteiger partial charge in [-0.15, -0.1) is 11.3 Å². The minimum Gasteiger partial charge on any atom is -0.508 e. The van der Waals surface area contributed by atoms with E-state index in [2.05, 4.69) is 4.98 Å². The molecule has 2 N–H and O–H groups in total. The first-order chi connectivity index (χ1) is 8.65. The number of halogens is 1. The van der Waals surface area contributed by atoms with Gasteiger partial charge in [0.05, 0.1) is 11.8 Å². The Balaban J connectivity index is 2.07. The molecule has 2 aromatic rings. The highest BCUT2D eigenvalue weighted by Gasteiger charge is 2.24. The number of thiazole rings is 1. The van der Waals surface area contributed by atoms with Gasteiger partial charge in [0.1, 0.15) is 16.6 Å². The summed E-state index contributed by atoms with van der Waals surface area (Å²) in [5.41, 5.74) is 1.06. The molecule has 1 aliphatic carbocycles. The Bertz CT molecular complexity index is 597. The number of hydrogen-bond acceptors (Lipinski definition) is 4. The van der Waals surface area contributed by atoms with Crippen LogP contribution in [0.15, 0.2) is 18.2 Å². The average molecular weight is 265 g/mol. The van der Waals surface area contributed by atoms with Crippen LogP contribution in [0.5, 0.6) is 5.75 Å². The summed E-state index contributed by atoms with van der Waals surface area (Å²) in [6.45, 7) is 0. The van der Waals surface area contributed by atoms with Gasteiger partial charge >= 0.3 is 0 Å². The molecule has 0 aliphatic heterocycles. The van der Waals surface area contributed by atoms with E-state index >= 15 is 0 Å². The number of nitrogens with zero attached hydrogens (tertiary/aromatic N) is 1. The summed E-state index contributed by atoms with van der Waals surface area (Å²) in [7, 11) is 0. The second-order valence-corrected chi connectivity index (χ2v) is 5.48. The van der Waals surface area contributed by atoms with Crippen LogP contribution >= 0.6 is 11.3 Å². The topological polar surface area (TPSA) is 53.4 Å². The number of aliphatic hydroxyl groups excluding tert-OH is 1. The molecule has 1 unspecified atom stereocenters. The number of rotatable bonds is 1. The summed E-state index contributed by atoms with van der Waals surface area (Å²) in [5, 5.41) is 19.6. The Hall–Kier alpha value is -1.46. The number of fused-ring (bicyclic) bond motifs is 1. The molecular formula is C13H12FNO2S. The van der Waals surface area contributed by atoms with Crippen molar-refractivity contribution >= 4 is 11.3 Å². The minimum absolute atomic E-state index is 0.0994. The predicted molar refractivity (Wildman–Crippen MR) is 67.1 cm³/mol. The van der Waals surface area contributed by atoms with Crippen LogP contribution in [0.4, 0.5) is 4.39 Å².